The number of rotatable bonds is 3. The SMILES string of the molecule is CCOC1CC(n2c(=S)[nH]c3cc(Cl)cnc32)C1(C)C. The van der Waals surface area contributed by atoms with Gasteiger partial charge in [0.1, 0.15) is 0 Å². The minimum absolute atomic E-state index is 0.0463. The third-order valence-electron chi connectivity index (χ3n) is 4.33. The van der Waals surface area contributed by atoms with Gasteiger partial charge < -0.3 is 9.72 Å². The Balaban J connectivity index is 2.04. The summed E-state index contributed by atoms with van der Waals surface area (Å²) in [6.45, 7) is 7.22. The molecule has 1 N–H and O–H groups in total. The van der Waals surface area contributed by atoms with E-state index in [-0.39, 0.29) is 11.5 Å². The second-order valence-corrected chi connectivity index (χ2v) is 6.66. The minimum atomic E-state index is 0.0463. The van der Waals surface area contributed by atoms with E-state index in [9.17, 15) is 0 Å². The highest BCUT2D eigenvalue weighted by molar-refractivity contribution is 7.71. The molecule has 0 aliphatic heterocycles. The summed E-state index contributed by atoms with van der Waals surface area (Å²) in [5, 5.41) is 0.612. The van der Waals surface area contributed by atoms with E-state index in [4.69, 9.17) is 28.6 Å². The molecular formula is C14H18ClN3OS. The van der Waals surface area contributed by atoms with Crippen molar-refractivity contribution in [3.05, 3.63) is 22.1 Å². The zero-order chi connectivity index (χ0) is 14.5. The van der Waals surface area contributed by atoms with E-state index in [0.29, 0.717) is 15.8 Å². The molecule has 2 unspecified atom stereocenters. The van der Waals surface area contributed by atoms with Crippen molar-refractivity contribution in [1.82, 2.24) is 14.5 Å². The van der Waals surface area contributed by atoms with Crippen LogP contribution in [0, 0.1) is 10.2 Å². The molecule has 2 heterocycles. The minimum Gasteiger partial charge on any atom is -0.378 e. The van der Waals surface area contributed by atoms with Crippen LogP contribution >= 0.6 is 23.8 Å². The highest BCUT2D eigenvalue weighted by Crippen LogP contribution is 2.52. The molecule has 1 aliphatic rings. The first-order valence-electron chi connectivity index (χ1n) is 6.82. The normalized spacial score (nSPS) is 24.8. The van der Waals surface area contributed by atoms with E-state index in [0.717, 1.165) is 24.2 Å². The number of aromatic amines is 1. The van der Waals surface area contributed by atoms with Gasteiger partial charge in [-0.3, -0.25) is 4.57 Å². The largest absolute Gasteiger partial charge is 0.378 e. The Hall–Kier alpha value is -0.910. The van der Waals surface area contributed by atoms with Gasteiger partial charge in [0, 0.05) is 24.3 Å². The van der Waals surface area contributed by atoms with Crippen LogP contribution in [-0.2, 0) is 4.74 Å². The third kappa shape index (κ3) is 2.00. The molecule has 0 spiro atoms. The molecule has 0 radical (unpaired) electrons. The summed E-state index contributed by atoms with van der Waals surface area (Å²) in [5.41, 5.74) is 1.80. The lowest BCUT2D eigenvalue weighted by Gasteiger charge is -2.51. The van der Waals surface area contributed by atoms with Crippen LogP contribution in [0.15, 0.2) is 12.3 Å². The Morgan fingerprint density at radius 3 is 3.00 bits per heavy atom. The molecule has 108 valence electrons. The number of pyridine rings is 1. The summed E-state index contributed by atoms with van der Waals surface area (Å²) >= 11 is 11.4. The fraction of sp³-hybridized carbons (Fsp3) is 0.571. The molecule has 1 saturated carbocycles. The van der Waals surface area contributed by atoms with Crippen LogP contribution in [0.3, 0.4) is 0 Å². The van der Waals surface area contributed by atoms with E-state index in [1.54, 1.807) is 6.20 Å². The highest BCUT2D eigenvalue weighted by atomic mass is 35.5. The van der Waals surface area contributed by atoms with Gasteiger partial charge >= 0.3 is 0 Å². The molecule has 2 aromatic heterocycles. The Kier molecular flexibility index (Phi) is 3.39. The van der Waals surface area contributed by atoms with E-state index >= 15 is 0 Å². The lowest BCUT2D eigenvalue weighted by Crippen LogP contribution is -2.51. The van der Waals surface area contributed by atoms with Gasteiger partial charge in [-0.1, -0.05) is 25.4 Å². The van der Waals surface area contributed by atoms with Gasteiger partial charge in [0.05, 0.1) is 16.6 Å². The van der Waals surface area contributed by atoms with Crippen molar-refractivity contribution in [3.8, 4) is 0 Å². The van der Waals surface area contributed by atoms with E-state index in [2.05, 4.69) is 28.4 Å². The molecule has 1 aliphatic carbocycles. The molecule has 4 nitrogen and oxygen atoms in total. The molecule has 1 fully saturated rings. The van der Waals surface area contributed by atoms with Crippen LogP contribution in [0.25, 0.3) is 11.2 Å². The molecule has 6 heteroatoms. The molecular weight excluding hydrogens is 294 g/mol. The van der Waals surface area contributed by atoms with Crippen molar-refractivity contribution in [2.45, 2.75) is 39.3 Å². The Morgan fingerprint density at radius 1 is 1.60 bits per heavy atom. The number of nitrogens with zero attached hydrogens (tertiary/aromatic N) is 2. The number of imidazole rings is 1. The first-order valence-corrected chi connectivity index (χ1v) is 7.61. The van der Waals surface area contributed by atoms with Crippen molar-refractivity contribution in [2.75, 3.05) is 6.61 Å². The lowest BCUT2D eigenvalue weighted by atomic mass is 9.64. The number of ether oxygens (including phenoxy) is 1. The quantitative estimate of drug-likeness (QED) is 0.867. The molecule has 0 aromatic carbocycles. The van der Waals surface area contributed by atoms with Crippen LogP contribution < -0.4 is 0 Å². The number of H-pyrrole nitrogens is 1. The monoisotopic (exact) mass is 311 g/mol. The average Bonchev–Trinajstić information content (AvgIpc) is 2.69. The van der Waals surface area contributed by atoms with Crippen molar-refractivity contribution in [3.63, 3.8) is 0 Å². The highest BCUT2D eigenvalue weighted by Gasteiger charge is 2.50. The van der Waals surface area contributed by atoms with E-state index < -0.39 is 0 Å². The van der Waals surface area contributed by atoms with Crippen molar-refractivity contribution in [1.29, 1.82) is 0 Å². The summed E-state index contributed by atoms with van der Waals surface area (Å²) in [6.07, 6.45) is 2.90. The maximum atomic E-state index is 5.98. The van der Waals surface area contributed by atoms with E-state index in [1.807, 2.05) is 13.0 Å². The van der Waals surface area contributed by atoms with Gasteiger partial charge in [0.2, 0.25) is 0 Å². The van der Waals surface area contributed by atoms with Gasteiger partial charge in [-0.15, -0.1) is 0 Å². The number of aromatic nitrogens is 3. The summed E-state index contributed by atoms with van der Waals surface area (Å²) in [7, 11) is 0. The summed E-state index contributed by atoms with van der Waals surface area (Å²) in [4.78, 5) is 7.62. The second-order valence-electron chi connectivity index (χ2n) is 5.84. The standard InChI is InChI=1S/C14H18ClN3OS/c1-4-19-11-6-10(14(11,2)3)18-12-9(17-13(18)20)5-8(15)7-16-12/h5,7,10-11H,4,6H2,1-3H3,(H,17,20). The Morgan fingerprint density at radius 2 is 2.35 bits per heavy atom. The van der Waals surface area contributed by atoms with Crippen LogP contribution in [0.2, 0.25) is 5.02 Å². The number of hydrogen-bond donors (Lipinski definition) is 1. The first kappa shape index (κ1) is 14.0. The smallest absolute Gasteiger partial charge is 0.179 e. The van der Waals surface area contributed by atoms with Gasteiger partial charge in [0.25, 0.3) is 0 Å². The fourth-order valence-corrected chi connectivity index (χ4v) is 3.54. The maximum absolute atomic E-state index is 5.98. The van der Waals surface area contributed by atoms with Gasteiger partial charge in [-0.25, -0.2) is 4.98 Å². The molecule has 0 bridgehead atoms. The Labute approximate surface area is 128 Å². The zero-order valence-electron chi connectivity index (χ0n) is 11.8. The first-order chi connectivity index (χ1) is 9.45. The number of halogens is 1. The molecule has 0 amide bonds. The maximum Gasteiger partial charge on any atom is 0.179 e. The van der Waals surface area contributed by atoms with Gasteiger partial charge in [-0.2, -0.15) is 0 Å². The molecule has 20 heavy (non-hydrogen) atoms. The lowest BCUT2D eigenvalue weighted by molar-refractivity contribution is -0.127. The fourth-order valence-electron chi connectivity index (χ4n) is 3.06. The molecule has 3 rings (SSSR count). The predicted octanol–water partition coefficient (Wildman–Crippen LogP) is 4.12. The van der Waals surface area contributed by atoms with Crippen molar-refractivity contribution in [2.24, 2.45) is 5.41 Å². The molecule has 0 saturated heterocycles. The topological polar surface area (TPSA) is 42.8 Å². The van der Waals surface area contributed by atoms with Crippen LogP contribution in [0.4, 0.5) is 0 Å². The molecule has 2 aromatic rings. The second kappa shape index (κ2) is 4.83. The summed E-state index contributed by atoms with van der Waals surface area (Å²) in [6, 6.07) is 2.16. The number of hydrogen-bond acceptors (Lipinski definition) is 3. The average molecular weight is 312 g/mol. The van der Waals surface area contributed by atoms with Crippen molar-refractivity contribution < 1.29 is 4.74 Å². The van der Waals surface area contributed by atoms with Crippen LogP contribution in [0.1, 0.15) is 33.2 Å². The van der Waals surface area contributed by atoms with E-state index in [1.165, 1.54) is 0 Å². The summed E-state index contributed by atoms with van der Waals surface area (Å²) < 4.78 is 8.60. The van der Waals surface area contributed by atoms with Crippen LogP contribution in [0.5, 0.6) is 0 Å². The number of fused-ring (bicyclic) bond motifs is 1. The third-order valence-corrected chi connectivity index (χ3v) is 4.83. The predicted molar refractivity (Wildman–Crippen MR) is 82.8 cm³/mol. The summed E-state index contributed by atoms with van der Waals surface area (Å²) in [5.74, 6) is 0. The zero-order valence-corrected chi connectivity index (χ0v) is 13.4. The van der Waals surface area contributed by atoms with Gasteiger partial charge in [0.15, 0.2) is 10.4 Å². The number of nitrogens with one attached hydrogen (secondary N) is 1. The Bertz CT molecular complexity index is 706. The van der Waals surface area contributed by atoms with Crippen molar-refractivity contribution >= 4 is 35.0 Å². The molecule has 2 atom stereocenters. The van der Waals surface area contributed by atoms with Crippen LogP contribution in [-0.4, -0.2) is 27.2 Å². The van der Waals surface area contributed by atoms with Gasteiger partial charge in [-0.05, 0) is 31.6 Å².